The minimum atomic E-state index is -1.20. The fourth-order valence-electron chi connectivity index (χ4n) is 2.90. The number of aryl methyl sites for hydroxylation is 1. The summed E-state index contributed by atoms with van der Waals surface area (Å²) in [5.41, 5.74) is 1.45. The van der Waals surface area contributed by atoms with Gasteiger partial charge in [0.15, 0.2) is 5.82 Å². The molecule has 0 saturated heterocycles. The number of aromatic nitrogens is 1. The van der Waals surface area contributed by atoms with Gasteiger partial charge in [-0.25, -0.2) is 4.79 Å². The quantitative estimate of drug-likeness (QED) is 0.591. The minimum absolute atomic E-state index is 0.195. The van der Waals surface area contributed by atoms with Gasteiger partial charge in [-0.3, -0.25) is 4.79 Å². The van der Waals surface area contributed by atoms with Crippen molar-refractivity contribution in [3.63, 3.8) is 0 Å². The average Bonchev–Trinajstić information content (AvgIpc) is 3.16. The smallest absolute Gasteiger partial charge is 0.339 e. The molecule has 1 atom stereocenters. The number of hydrogen-bond acceptors (Lipinski definition) is 7. The van der Waals surface area contributed by atoms with Gasteiger partial charge in [-0.15, -0.1) is 0 Å². The van der Waals surface area contributed by atoms with E-state index in [0.717, 1.165) is 5.56 Å². The third kappa shape index (κ3) is 4.60. The van der Waals surface area contributed by atoms with E-state index in [1.54, 1.807) is 55.5 Å². The normalized spacial score (nSPS) is 11.5. The molecule has 1 N–H and O–H groups in total. The highest BCUT2D eigenvalue weighted by molar-refractivity contribution is 5.98. The number of methoxy groups -OCH3 is 2. The van der Waals surface area contributed by atoms with Crippen molar-refractivity contribution in [3.8, 4) is 11.5 Å². The Morgan fingerprint density at radius 3 is 2.17 bits per heavy atom. The van der Waals surface area contributed by atoms with E-state index in [4.69, 9.17) is 18.7 Å². The number of carbonyl (C=O) groups is 2. The Labute approximate surface area is 173 Å². The van der Waals surface area contributed by atoms with Crippen molar-refractivity contribution in [3.05, 3.63) is 71.0 Å². The molecule has 1 amide bonds. The summed E-state index contributed by atoms with van der Waals surface area (Å²) in [5, 5.41) is 6.35. The maximum absolute atomic E-state index is 12.9. The van der Waals surface area contributed by atoms with Crippen molar-refractivity contribution in [2.45, 2.75) is 20.0 Å². The third-order valence-electron chi connectivity index (χ3n) is 4.43. The molecular formula is C22H22N2O6. The first kappa shape index (κ1) is 20.9. The lowest BCUT2D eigenvalue weighted by atomic mass is 10.1. The number of rotatable bonds is 7. The molecule has 0 saturated carbocycles. The highest BCUT2D eigenvalue weighted by atomic mass is 16.5. The minimum Gasteiger partial charge on any atom is -0.496 e. The molecule has 1 unspecified atom stereocenters. The highest BCUT2D eigenvalue weighted by Gasteiger charge is 2.27. The summed E-state index contributed by atoms with van der Waals surface area (Å²) in [7, 11) is 2.99. The van der Waals surface area contributed by atoms with Gasteiger partial charge in [-0.2, -0.15) is 0 Å². The maximum atomic E-state index is 12.9. The molecule has 0 aliphatic carbocycles. The van der Waals surface area contributed by atoms with Crippen LogP contribution < -0.4 is 14.8 Å². The molecule has 2 aromatic carbocycles. The Morgan fingerprint density at radius 2 is 1.63 bits per heavy atom. The molecule has 0 bridgehead atoms. The van der Waals surface area contributed by atoms with Crippen LogP contribution >= 0.6 is 0 Å². The van der Waals surface area contributed by atoms with E-state index < -0.39 is 18.0 Å². The van der Waals surface area contributed by atoms with Gasteiger partial charge < -0.3 is 24.1 Å². The largest absolute Gasteiger partial charge is 0.496 e. The number of amides is 1. The van der Waals surface area contributed by atoms with Gasteiger partial charge in [0, 0.05) is 17.2 Å². The van der Waals surface area contributed by atoms with Crippen molar-refractivity contribution >= 4 is 17.7 Å². The first-order valence-electron chi connectivity index (χ1n) is 9.15. The summed E-state index contributed by atoms with van der Waals surface area (Å²) in [6.45, 7) is 3.52. The number of hydrogen-bond donors (Lipinski definition) is 1. The predicted octanol–water partition coefficient (Wildman–Crippen LogP) is 3.85. The van der Waals surface area contributed by atoms with Crippen LogP contribution in [0.3, 0.4) is 0 Å². The molecule has 3 rings (SSSR count). The second kappa shape index (κ2) is 9.13. The second-order valence-corrected chi connectivity index (χ2v) is 6.51. The number of nitrogens with zero attached hydrogens (tertiary/aromatic N) is 1. The average molecular weight is 410 g/mol. The van der Waals surface area contributed by atoms with Gasteiger partial charge in [0.25, 0.3) is 5.91 Å². The van der Waals surface area contributed by atoms with Gasteiger partial charge in [-0.05, 0) is 26.0 Å². The lowest BCUT2D eigenvalue weighted by molar-refractivity contribution is -0.125. The molecular weight excluding hydrogens is 388 g/mol. The van der Waals surface area contributed by atoms with Gasteiger partial charge >= 0.3 is 5.97 Å². The van der Waals surface area contributed by atoms with Crippen LogP contribution in [-0.2, 0) is 9.53 Å². The molecule has 1 heterocycles. The number of nitrogens with one attached hydrogen (secondary N) is 1. The first-order valence-corrected chi connectivity index (χ1v) is 9.15. The molecule has 1 aromatic heterocycles. The zero-order valence-corrected chi connectivity index (χ0v) is 17.1. The van der Waals surface area contributed by atoms with Crippen LogP contribution in [-0.4, -0.2) is 31.3 Å². The lowest BCUT2D eigenvalue weighted by Crippen LogP contribution is -2.26. The predicted molar refractivity (Wildman–Crippen MR) is 109 cm³/mol. The van der Waals surface area contributed by atoms with Gasteiger partial charge in [0.2, 0.25) is 6.10 Å². The molecule has 8 heteroatoms. The Balaban J connectivity index is 1.89. The second-order valence-electron chi connectivity index (χ2n) is 6.51. The summed E-state index contributed by atoms with van der Waals surface area (Å²) in [6, 6.07) is 13.4. The number of esters is 1. The van der Waals surface area contributed by atoms with E-state index in [-0.39, 0.29) is 11.4 Å². The van der Waals surface area contributed by atoms with Gasteiger partial charge in [-0.1, -0.05) is 35.5 Å². The third-order valence-corrected chi connectivity index (χ3v) is 4.43. The molecule has 0 aliphatic heterocycles. The Hall–Kier alpha value is -3.81. The van der Waals surface area contributed by atoms with Crippen LogP contribution in [0, 0.1) is 13.8 Å². The van der Waals surface area contributed by atoms with E-state index in [1.165, 1.54) is 14.2 Å². The van der Waals surface area contributed by atoms with Crippen molar-refractivity contribution in [2.75, 3.05) is 19.5 Å². The monoisotopic (exact) mass is 410 g/mol. The topological polar surface area (TPSA) is 99.9 Å². The molecule has 3 aromatic rings. The molecule has 0 aliphatic rings. The fourth-order valence-corrected chi connectivity index (χ4v) is 2.90. The van der Waals surface area contributed by atoms with Gasteiger partial charge in [0.1, 0.15) is 17.3 Å². The Morgan fingerprint density at radius 1 is 1.00 bits per heavy atom. The molecule has 0 radical (unpaired) electrons. The maximum Gasteiger partial charge on any atom is 0.339 e. The number of carbonyl (C=O) groups excluding carboxylic acids is 2. The van der Waals surface area contributed by atoms with E-state index in [9.17, 15) is 9.59 Å². The van der Waals surface area contributed by atoms with E-state index in [0.29, 0.717) is 22.8 Å². The zero-order chi connectivity index (χ0) is 21.7. The van der Waals surface area contributed by atoms with Crippen LogP contribution in [0.5, 0.6) is 11.5 Å². The summed E-state index contributed by atoms with van der Waals surface area (Å²) < 4.78 is 21.2. The van der Waals surface area contributed by atoms with Crippen molar-refractivity contribution in [1.29, 1.82) is 0 Å². The highest BCUT2D eigenvalue weighted by Crippen LogP contribution is 2.31. The first-order chi connectivity index (χ1) is 14.4. The SMILES string of the molecule is COc1cc(C(=O)OC(C(=O)Nc2cc(C)on2)c2ccccc2)cc(OC)c1C. The van der Waals surface area contributed by atoms with E-state index >= 15 is 0 Å². The van der Waals surface area contributed by atoms with E-state index in [2.05, 4.69) is 10.5 Å². The number of ether oxygens (including phenoxy) is 3. The molecule has 0 spiro atoms. The molecule has 0 fully saturated rings. The summed E-state index contributed by atoms with van der Waals surface area (Å²) in [6.07, 6.45) is -1.20. The number of benzene rings is 2. The standard InChI is InChI=1S/C22H22N2O6/c1-13-10-19(24-30-13)23-21(25)20(15-8-6-5-7-9-15)29-22(26)16-11-17(27-3)14(2)18(12-16)28-4/h5-12,20H,1-4H3,(H,23,24,25). The van der Waals surface area contributed by atoms with Crippen molar-refractivity contribution in [1.82, 2.24) is 5.16 Å². The number of anilines is 1. The van der Waals surface area contributed by atoms with Crippen LogP contribution in [0.2, 0.25) is 0 Å². The van der Waals surface area contributed by atoms with Crippen molar-refractivity contribution in [2.24, 2.45) is 0 Å². The summed E-state index contributed by atoms with van der Waals surface area (Å²) in [5.74, 6) is 0.451. The molecule has 8 nitrogen and oxygen atoms in total. The lowest BCUT2D eigenvalue weighted by Gasteiger charge is -2.18. The Kier molecular flexibility index (Phi) is 6.36. The Bertz CT molecular complexity index is 1020. The van der Waals surface area contributed by atoms with Crippen LogP contribution in [0.4, 0.5) is 5.82 Å². The van der Waals surface area contributed by atoms with E-state index in [1.807, 2.05) is 6.92 Å². The van der Waals surface area contributed by atoms with Crippen LogP contribution in [0.15, 0.2) is 53.1 Å². The zero-order valence-electron chi connectivity index (χ0n) is 17.1. The van der Waals surface area contributed by atoms with Crippen molar-refractivity contribution < 1.29 is 28.3 Å². The molecule has 30 heavy (non-hydrogen) atoms. The van der Waals surface area contributed by atoms with Gasteiger partial charge in [0.05, 0.1) is 19.8 Å². The fraction of sp³-hybridized carbons (Fsp3) is 0.227. The van der Waals surface area contributed by atoms with Crippen LogP contribution in [0.25, 0.3) is 0 Å². The van der Waals surface area contributed by atoms with Crippen LogP contribution in [0.1, 0.15) is 33.3 Å². The molecule has 156 valence electrons. The summed E-state index contributed by atoms with van der Waals surface area (Å²) in [4.78, 5) is 25.8. The summed E-state index contributed by atoms with van der Waals surface area (Å²) >= 11 is 0.